The highest BCUT2D eigenvalue weighted by atomic mass is 16.5. The maximum Gasteiger partial charge on any atom is 0.270 e. The molecule has 1 saturated heterocycles. The molecular formula is C21H26N4O2. The summed E-state index contributed by atoms with van der Waals surface area (Å²) in [4.78, 5) is 19.8. The zero-order valence-electron chi connectivity index (χ0n) is 16.2. The molecule has 0 unspecified atom stereocenters. The third-order valence-electron chi connectivity index (χ3n) is 5.63. The van der Waals surface area contributed by atoms with Gasteiger partial charge in [0.15, 0.2) is 0 Å². The number of hydrogen-bond acceptors (Lipinski definition) is 3. The van der Waals surface area contributed by atoms with E-state index in [0.29, 0.717) is 5.92 Å². The number of carbonyl (C=O) groups excluding carboxylic acids is 1. The van der Waals surface area contributed by atoms with Crippen molar-refractivity contribution in [3.05, 3.63) is 48.2 Å². The maximum atomic E-state index is 13.3. The van der Waals surface area contributed by atoms with Gasteiger partial charge in [-0.3, -0.25) is 4.79 Å². The number of likely N-dealkylation sites (tertiary alicyclic amines) is 1. The van der Waals surface area contributed by atoms with Gasteiger partial charge in [-0.25, -0.2) is 4.98 Å². The molecule has 0 aliphatic carbocycles. The molecule has 0 saturated carbocycles. The Morgan fingerprint density at radius 3 is 2.96 bits per heavy atom. The van der Waals surface area contributed by atoms with Gasteiger partial charge in [0.05, 0.1) is 12.6 Å². The van der Waals surface area contributed by atoms with Crippen LogP contribution in [-0.4, -0.2) is 45.1 Å². The number of hydrogen-bond donors (Lipinski definition) is 0. The number of rotatable bonds is 4. The average molecular weight is 366 g/mol. The van der Waals surface area contributed by atoms with E-state index in [2.05, 4.69) is 16.5 Å². The third kappa shape index (κ3) is 3.09. The quantitative estimate of drug-likeness (QED) is 0.711. The largest absolute Gasteiger partial charge is 0.497 e. The molecule has 6 nitrogen and oxygen atoms in total. The van der Waals surface area contributed by atoms with Crippen molar-refractivity contribution in [2.75, 3.05) is 20.2 Å². The fourth-order valence-corrected chi connectivity index (χ4v) is 4.12. The van der Waals surface area contributed by atoms with E-state index in [1.165, 1.54) is 0 Å². The van der Waals surface area contributed by atoms with Crippen molar-refractivity contribution in [3.63, 3.8) is 0 Å². The lowest BCUT2D eigenvalue weighted by Gasteiger charge is -2.32. The normalized spacial score (nSPS) is 17.4. The average Bonchev–Trinajstić information content (AvgIpc) is 3.32. The van der Waals surface area contributed by atoms with Crippen molar-refractivity contribution in [1.82, 2.24) is 19.0 Å². The first-order valence-corrected chi connectivity index (χ1v) is 9.56. The van der Waals surface area contributed by atoms with E-state index in [4.69, 9.17) is 4.74 Å². The van der Waals surface area contributed by atoms with Crippen LogP contribution >= 0.6 is 0 Å². The van der Waals surface area contributed by atoms with Crippen LogP contribution in [0.25, 0.3) is 10.9 Å². The Morgan fingerprint density at radius 1 is 1.33 bits per heavy atom. The molecule has 6 heteroatoms. The number of piperidine rings is 1. The Kier molecular flexibility index (Phi) is 4.64. The summed E-state index contributed by atoms with van der Waals surface area (Å²) in [5.74, 6) is 2.28. The van der Waals surface area contributed by atoms with Crippen LogP contribution in [0.3, 0.4) is 0 Å². The molecule has 142 valence electrons. The summed E-state index contributed by atoms with van der Waals surface area (Å²) in [5.41, 5.74) is 1.73. The van der Waals surface area contributed by atoms with Crippen molar-refractivity contribution in [1.29, 1.82) is 0 Å². The maximum absolute atomic E-state index is 13.3. The molecule has 3 heterocycles. The Balaban J connectivity index is 1.60. The van der Waals surface area contributed by atoms with Crippen molar-refractivity contribution in [2.45, 2.75) is 32.2 Å². The fourth-order valence-electron chi connectivity index (χ4n) is 4.12. The number of ether oxygens (including phenoxy) is 1. The Labute approximate surface area is 159 Å². The fraction of sp³-hybridized carbons (Fsp3) is 0.429. The summed E-state index contributed by atoms with van der Waals surface area (Å²) < 4.78 is 9.47. The highest BCUT2D eigenvalue weighted by molar-refractivity contribution is 5.99. The topological polar surface area (TPSA) is 52.3 Å². The first-order chi connectivity index (χ1) is 13.1. The third-order valence-corrected chi connectivity index (χ3v) is 5.63. The van der Waals surface area contributed by atoms with Crippen molar-refractivity contribution in [2.24, 2.45) is 7.05 Å². The van der Waals surface area contributed by atoms with Gasteiger partial charge < -0.3 is 18.8 Å². The predicted molar refractivity (Wildman–Crippen MR) is 105 cm³/mol. The molecule has 4 rings (SSSR count). The SMILES string of the molecule is CCn1ccnc1[C@@H]1CCCN(C(=O)c2cc3ccc(OC)cc3n2C)C1. The molecule has 1 atom stereocenters. The minimum Gasteiger partial charge on any atom is -0.497 e. The van der Waals surface area contributed by atoms with Gasteiger partial charge in [0.1, 0.15) is 17.3 Å². The highest BCUT2D eigenvalue weighted by Gasteiger charge is 2.29. The molecule has 0 N–H and O–H groups in total. The van der Waals surface area contributed by atoms with E-state index in [1.54, 1.807) is 7.11 Å². The standard InChI is InChI=1S/C21H26N4O2/c1-4-24-11-9-22-20(24)16-6-5-10-25(14-16)21(26)19-12-15-7-8-17(27-3)13-18(15)23(19)2/h7-9,11-13,16H,4-6,10,14H2,1-3H3/t16-/m1/s1. The molecule has 27 heavy (non-hydrogen) atoms. The monoisotopic (exact) mass is 366 g/mol. The van der Waals surface area contributed by atoms with Gasteiger partial charge in [0, 0.05) is 56.4 Å². The number of amides is 1. The minimum atomic E-state index is 0.0898. The lowest BCUT2D eigenvalue weighted by atomic mass is 9.96. The van der Waals surface area contributed by atoms with Gasteiger partial charge in [-0.1, -0.05) is 0 Å². The second-order valence-corrected chi connectivity index (χ2v) is 7.18. The van der Waals surface area contributed by atoms with Gasteiger partial charge in [0.2, 0.25) is 0 Å². The molecule has 1 aliphatic rings. The molecule has 2 aromatic heterocycles. The predicted octanol–water partition coefficient (Wildman–Crippen LogP) is 3.42. The van der Waals surface area contributed by atoms with Crippen LogP contribution < -0.4 is 4.74 Å². The number of aromatic nitrogens is 3. The lowest BCUT2D eigenvalue weighted by Crippen LogP contribution is -2.40. The van der Waals surface area contributed by atoms with E-state index in [-0.39, 0.29) is 5.91 Å². The molecule has 0 radical (unpaired) electrons. The van der Waals surface area contributed by atoms with Crippen LogP contribution in [0.2, 0.25) is 0 Å². The molecule has 3 aromatic rings. The highest BCUT2D eigenvalue weighted by Crippen LogP contribution is 2.29. The Bertz CT molecular complexity index is 972. The number of benzene rings is 1. The van der Waals surface area contributed by atoms with Gasteiger partial charge in [0.25, 0.3) is 5.91 Å². The smallest absolute Gasteiger partial charge is 0.270 e. The summed E-state index contributed by atoms with van der Waals surface area (Å²) in [6.07, 6.45) is 5.96. The zero-order chi connectivity index (χ0) is 19.0. The van der Waals surface area contributed by atoms with Crippen molar-refractivity contribution in [3.8, 4) is 5.75 Å². The van der Waals surface area contributed by atoms with E-state index in [9.17, 15) is 4.79 Å². The van der Waals surface area contributed by atoms with E-state index >= 15 is 0 Å². The van der Waals surface area contributed by atoms with Crippen molar-refractivity contribution < 1.29 is 9.53 Å². The lowest BCUT2D eigenvalue weighted by molar-refractivity contribution is 0.0694. The Hall–Kier alpha value is -2.76. The summed E-state index contributed by atoms with van der Waals surface area (Å²) in [6.45, 7) is 4.55. The van der Waals surface area contributed by atoms with E-state index in [0.717, 1.165) is 60.6 Å². The van der Waals surface area contributed by atoms with Crippen LogP contribution in [0.5, 0.6) is 5.75 Å². The van der Waals surface area contributed by atoms with Gasteiger partial charge in [-0.05, 0) is 38.0 Å². The Morgan fingerprint density at radius 2 is 2.19 bits per heavy atom. The number of imidazole rings is 1. The number of methoxy groups -OCH3 is 1. The molecule has 1 amide bonds. The second-order valence-electron chi connectivity index (χ2n) is 7.18. The van der Waals surface area contributed by atoms with Crippen LogP contribution in [0.15, 0.2) is 36.7 Å². The van der Waals surface area contributed by atoms with E-state index < -0.39 is 0 Å². The molecule has 1 aliphatic heterocycles. The number of nitrogens with zero attached hydrogens (tertiary/aromatic N) is 4. The minimum absolute atomic E-state index is 0.0898. The number of carbonyl (C=O) groups is 1. The van der Waals surface area contributed by atoms with Crippen molar-refractivity contribution >= 4 is 16.8 Å². The van der Waals surface area contributed by atoms with Gasteiger partial charge in [-0.15, -0.1) is 0 Å². The van der Waals surface area contributed by atoms with Gasteiger partial charge in [-0.2, -0.15) is 0 Å². The summed E-state index contributed by atoms with van der Waals surface area (Å²) >= 11 is 0. The first kappa shape index (κ1) is 17.6. The summed E-state index contributed by atoms with van der Waals surface area (Å²) in [7, 11) is 3.60. The molecule has 0 bridgehead atoms. The second kappa shape index (κ2) is 7.10. The summed E-state index contributed by atoms with van der Waals surface area (Å²) in [5, 5.41) is 1.05. The molecular weight excluding hydrogens is 340 g/mol. The van der Waals surface area contributed by atoms with Crippen LogP contribution in [0.1, 0.15) is 42.0 Å². The summed E-state index contributed by atoms with van der Waals surface area (Å²) in [6, 6.07) is 7.89. The first-order valence-electron chi connectivity index (χ1n) is 9.56. The van der Waals surface area contributed by atoms with Crippen LogP contribution in [0.4, 0.5) is 0 Å². The van der Waals surface area contributed by atoms with Crippen LogP contribution in [0, 0.1) is 0 Å². The zero-order valence-corrected chi connectivity index (χ0v) is 16.2. The van der Waals surface area contributed by atoms with Gasteiger partial charge >= 0.3 is 0 Å². The molecule has 1 fully saturated rings. The molecule has 0 spiro atoms. The number of fused-ring (bicyclic) bond motifs is 1. The number of aryl methyl sites for hydroxylation is 2. The van der Waals surface area contributed by atoms with Crippen LogP contribution in [-0.2, 0) is 13.6 Å². The molecule has 1 aromatic carbocycles. The van der Waals surface area contributed by atoms with E-state index in [1.807, 2.05) is 53.2 Å².